The number of alkyl halides is 2. The van der Waals surface area contributed by atoms with E-state index in [1.165, 1.54) is 94.8 Å². The first-order valence-corrected chi connectivity index (χ1v) is 15.8. The van der Waals surface area contributed by atoms with Crippen LogP contribution in [0.5, 0.6) is 0 Å². The Kier molecular flexibility index (Phi) is 11.2. The van der Waals surface area contributed by atoms with Gasteiger partial charge in [-0.3, -0.25) is 0 Å². The van der Waals surface area contributed by atoms with Gasteiger partial charge in [0.1, 0.15) is 0 Å². The molecule has 0 aromatic carbocycles. The fourth-order valence-corrected chi connectivity index (χ4v) is 6.70. The molecule has 4 nitrogen and oxygen atoms in total. The Morgan fingerprint density at radius 2 is 0.971 bits per heavy atom. The van der Waals surface area contributed by atoms with Gasteiger partial charge in [0.05, 0.1) is 0 Å². The topological polar surface area (TPSA) is 31.8 Å². The van der Waals surface area contributed by atoms with E-state index in [0.29, 0.717) is 22.0 Å². The quantitative estimate of drug-likeness (QED) is 0.145. The minimum absolute atomic E-state index is 0.365. The summed E-state index contributed by atoms with van der Waals surface area (Å²) in [7, 11) is 0. The van der Waals surface area contributed by atoms with Crippen LogP contribution in [0.4, 0.5) is 11.4 Å². The number of unbranched alkanes of at least 4 members (excludes halogenated alkanes) is 2. The van der Waals surface area contributed by atoms with Crippen molar-refractivity contribution < 1.29 is 9.13 Å². The lowest BCUT2D eigenvalue weighted by Crippen LogP contribution is -2.35. The van der Waals surface area contributed by atoms with Crippen LogP contribution in [0.25, 0.3) is 0 Å². The van der Waals surface area contributed by atoms with Gasteiger partial charge in [-0.05, 0) is 70.4 Å². The lowest BCUT2D eigenvalue weighted by molar-refractivity contribution is -0.698. The Morgan fingerprint density at radius 3 is 1.34 bits per heavy atom. The van der Waals surface area contributed by atoms with Crippen LogP contribution in [-0.4, -0.2) is 12.1 Å². The summed E-state index contributed by atoms with van der Waals surface area (Å²) >= 11 is 7.78. The number of hydrogen-bond donors (Lipinski definition) is 2. The Balaban J connectivity index is 1.11. The highest BCUT2D eigenvalue weighted by atomic mass is 79.9. The van der Waals surface area contributed by atoms with Gasteiger partial charge >= 0.3 is 0 Å². The average Bonchev–Trinajstić information content (AvgIpc) is 2.90. The van der Waals surface area contributed by atoms with Gasteiger partial charge in [0, 0.05) is 60.6 Å². The van der Waals surface area contributed by atoms with Crippen molar-refractivity contribution in [3.05, 3.63) is 49.1 Å². The highest BCUT2D eigenvalue weighted by molar-refractivity contribution is 9.09. The second-order valence-electron chi connectivity index (χ2n) is 10.5. The summed E-state index contributed by atoms with van der Waals surface area (Å²) in [5, 5.41) is 7.43. The first-order valence-electron chi connectivity index (χ1n) is 14.0. The minimum atomic E-state index is 0.365. The number of rotatable bonds is 12. The Hall–Kier alpha value is -1.14. The smallest absolute Gasteiger partial charge is 0.211 e. The molecule has 35 heavy (non-hydrogen) atoms. The van der Waals surface area contributed by atoms with Gasteiger partial charge in [-0.15, -0.1) is 0 Å². The molecule has 2 unspecified atom stereocenters. The molecular weight excluding hydrogens is 564 g/mol. The molecule has 0 radical (unpaired) electrons. The van der Waals surface area contributed by atoms with Gasteiger partial charge < -0.3 is 10.6 Å². The van der Waals surface area contributed by atoms with Crippen molar-refractivity contribution >= 4 is 43.2 Å². The standard InChI is InChI=1S/C29H42Br2N4/c30-28(34-20-16-26(17-21-34)32-24-10-4-1-5-11-24)14-8-3-9-15-29(31)35-22-18-27(19-23-35)33-25-12-6-2-7-13-25/h16-25,28-29H,1-15H2/p+2. The predicted octanol–water partition coefficient (Wildman–Crippen LogP) is 8.19. The minimum Gasteiger partial charge on any atom is -0.382 e. The van der Waals surface area contributed by atoms with Crippen LogP contribution in [0, 0.1) is 0 Å². The van der Waals surface area contributed by atoms with Gasteiger partial charge in [0.2, 0.25) is 9.90 Å². The summed E-state index contributed by atoms with van der Waals surface area (Å²) in [5.74, 6) is 0. The molecule has 0 aliphatic heterocycles. The molecule has 0 bridgehead atoms. The fraction of sp³-hybridized carbons (Fsp3) is 0.655. The van der Waals surface area contributed by atoms with Crippen LogP contribution >= 0.6 is 31.9 Å². The van der Waals surface area contributed by atoms with Gasteiger partial charge in [-0.2, -0.15) is 9.13 Å². The first kappa shape index (κ1) is 26.9. The van der Waals surface area contributed by atoms with E-state index in [1.807, 2.05) is 0 Å². The van der Waals surface area contributed by atoms with E-state index in [2.05, 4.69) is 101 Å². The van der Waals surface area contributed by atoms with Crippen molar-refractivity contribution in [1.29, 1.82) is 0 Å². The summed E-state index contributed by atoms with van der Waals surface area (Å²) in [4.78, 5) is 0.731. The zero-order chi connectivity index (χ0) is 24.3. The maximum atomic E-state index is 3.89. The number of nitrogens with one attached hydrogen (secondary N) is 2. The third-order valence-electron chi connectivity index (χ3n) is 7.69. The Bertz CT molecular complexity index is 774. The lowest BCUT2D eigenvalue weighted by atomic mass is 9.95. The molecule has 0 saturated heterocycles. The van der Waals surface area contributed by atoms with E-state index in [4.69, 9.17) is 0 Å². The van der Waals surface area contributed by atoms with E-state index in [-0.39, 0.29) is 0 Å². The maximum Gasteiger partial charge on any atom is 0.211 e. The third-order valence-corrected chi connectivity index (χ3v) is 9.55. The van der Waals surface area contributed by atoms with Gasteiger partial charge in [0.25, 0.3) is 0 Å². The first-order chi connectivity index (χ1) is 17.2. The highest BCUT2D eigenvalue weighted by Gasteiger charge is 2.18. The highest BCUT2D eigenvalue weighted by Crippen LogP contribution is 2.24. The second kappa shape index (κ2) is 14.6. The van der Waals surface area contributed by atoms with Crippen LogP contribution in [0.15, 0.2) is 49.1 Å². The molecule has 2 atom stereocenters. The molecule has 2 heterocycles. The van der Waals surface area contributed by atoms with Gasteiger partial charge in [-0.25, -0.2) is 0 Å². The van der Waals surface area contributed by atoms with Crippen molar-refractivity contribution in [2.45, 2.75) is 118 Å². The molecule has 2 fully saturated rings. The van der Waals surface area contributed by atoms with E-state index in [0.717, 1.165) is 12.8 Å². The molecule has 2 aliphatic carbocycles. The summed E-state index contributed by atoms with van der Waals surface area (Å²) in [5.41, 5.74) is 2.51. The van der Waals surface area contributed by atoms with Crippen LogP contribution in [0.1, 0.15) is 106 Å². The second-order valence-corrected chi connectivity index (χ2v) is 12.6. The number of anilines is 2. The monoisotopic (exact) mass is 606 g/mol. The molecule has 2 saturated carbocycles. The van der Waals surface area contributed by atoms with Crippen molar-refractivity contribution in [2.24, 2.45) is 0 Å². The summed E-state index contributed by atoms with van der Waals surface area (Å²) in [6.45, 7) is 0. The summed E-state index contributed by atoms with van der Waals surface area (Å²) < 4.78 is 4.58. The predicted molar refractivity (Wildman–Crippen MR) is 153 cm³/mol. The summed E-state index contributed by atoms with van der Waals surface area (Å²) in [6.07, 6.45) is 28.4. The van der Waals surface area contributed by atoms with Crippen molar-refractivity contribution in [3.63, 3.8) is 0 Å². The van der Waals surface area contributed by atoms with Crippen molar-refractivity contribution in [3.8, 4) is 0 Å². The third kappa shape index (κ3) is 9.03. The SMILES string of the molecule is BrC(CCCCCC(Br)[n+]1ccc(NC2CCCCC2)cc1)[n+]1ccc(NC2CCCCC2)cc1. The average molecular weight is 609 g/mol. The molecule has 2 aromatic rings. The summed E-state index contributed by atoms with van der Waals surface area (Å²) in [6, 6.07) is 10.2. The van der Waals surface area contributed by atoms with Gasteiger partial charge in [-0.1, -0.05) is 44.9 Å². The Labute approximate surface area is 229 Å². The molecular formula is C29H44Br2N4+2. The fourth-order valence-electron chi connectivity index (χ4n) is 5.51. The number of nitrogens with zero attached hydrogens (tertiary/aromatic N) is 2. The van der Waals surface area contributed by atoms with Crippen molar-refractivity contribution in [2.75, 3.05) is 10.6 Å². The largest absolute Gasteiger partial charge is 0.382 e. The zero-order valence-electron chi connectivity index (χ0n) is 21.2. The van der Waals surface area contributed by atoms with Crippen LogP contribution < -0.4 is 19.8 Å². The molecule has 192 valence electrons. The zero-order valence-corrected chi connectivity index (χ0v) is 24.4. The number of halogens is 2. The number of pyridine rings is 2. The number of hydrogen-bond acceptors (Lipinski definition) is 2. The van der Waals surface area contributed by atoms with E-state index in [1.54, 1.807) is 0 Å². The molecule has 0 spiro atoms. The van der Waals surface area contributed by atoms with Crippen molar-refractivity contribution in [1.82, 2.24) is 0 Å². The Morgan fingerprint density at radius 1 is 0.600 bits per heavy atom. The van der Waals surface area contributed by atoms with E-state index >= 15 is 0 Å². The molecule has 4 rings (SSSR count). The normalized spacial score (nSPS) is 19.3. The molecule has 2 aromatic heterocycles. The molecule has 6 heteroatoms. The maximum absolute atomic E-state index is 3.89. The molecule has 2 aliphatic rings. The van der Waals surface area contributed by atoms with Crippen LogP contribution in [-0.2, 0) is 0 Å². The van der Waals surface area contributed by atoms with Crippen LogP contribution in [0.3, 0.4) is 0 Å². The lowest BCUT2D eigenvalue weighted by Gasteiger charge is -2.23. The van der Waals surface area contributed by atoms with Crippen LogP contribution in [0.2, 0.25) is 0 Å². The van der Waals surface area contributed by atoms with Gasteiger partial charge in [0.15, 0.2) is 24.8 Å². The van der Waals surface area contributed by atoms with E-state index in [9.17, 15) is 0 Å². The molecule has 2 N–H and O–H groups in total. The number of aromatic nitrogens is 2. The molecule has 0 amide bonds. The van der Waals surface area contributed by atoms with E-state index < -0.39 is 0 Å².